The van der Waals surface area contributed by atoms with Gasteiger partial charge in [0.2, 0.25) is 0 Å². The van der Waals surface area contributed by atoms with Crippen LogP contribution in [0.5, 0.6) is 0 Å². The molecule has 0 bridgehead atoms. The summed E-state index contributed by atoms with van der Waals surface area (Å²) in [5.74, 6) is 0. The molecule has 0 fully saturated rings. The summed E-state index contributed by atoms with van der Waals surface area (Å²) >= 11 is 9.45. The van der Waals surface area contributed by atoms with Crippen LogP contribution in [-0.4, -0.2) is 6.54 Å². The monoisotopic (exact) mass is 338 g/mol. The molecule has 2 rings (SSSR count). The lowest BCUT2D eigenvalue weighted by Gasteiger charge is -2.11. The Kier molecular flexibility index (Phi) is 4.72. The van der Waals surface area contributed by atoms with Crippen LogP contribution in [0.25, 0.3) is 0 Å². The quantitative estimate of drug-likeness (QED) is 0.796. The van der Waals surface area contributed by atoms with E-state index in [0.717, 1.165) is 28.7 Å². The maximum atomic E-state index is 6.02. The van der Waals surface area contributed by atoms with E-state index >= 15 is 0 Å². The third-order valence-corrected chi connectivity index (χ3v) is 3.91. The molecule has 0 heterocycles. The Labute approximate surface area is 127 Å². The Bertz CT molecular complexity index is 567. The van der Waals surface area contributed by atoms with E-state index in [2.05, 4.69) is 45.5 Å². The lowest BCUT2D eigenvalue weighted by molar-refractivity contribution is 1.02. The van der Waals surface area contributed by atoms with Crippen molar-refractivity contribution in [3.8, 4) is 0 Å². The normalized spacial score (nSPS) is 10.5. The second kappa shape index (κ2) is 6.31. The first-order valence-electron chi connectivity index (χ1n) is 6.10. The lowest BCUT2D eigenvalue weighted by Crippen LogP contribution is -2.07. The van der Waals surface area contributed by atoms with E-state index in [1.807, 2.05) is 13.0 Å². The molecule has 0 aliphatic carbocycles. The summed E-state index contributed by atoms with van der Waals surface area (Å²) in [6.45, 7) is 2.81. The highest BCUT2D eigenvalue weighted by Gasteiger charge is 2.03. The van der Waals surface area contributed by atoms with Gasteiger partial charge in [0.25, 0.3) is 0 Å². The minimum Gasteiger partial charge on any atom is -0.397 e. The number of aryl methyl sites for hydroxylation is 1. The number of rotatable bonds is 4. The van der Waals surface area contributed by atoms with Crippen LogP contribution in [0.1, 0.15) is 11.1 Å². The maximum absolute atomic E-state index is 6.02. The molecule has 4 heteroatoms. The van der Waals surface area contributed by atoms with Crippen LogP contribution >= 0.6 is 27.5 Å². The Morgan fingerprint density at radius 2 is 1.89 bits per heavy atom. The van der Waals surface area contributed by atoms with E-state index in [4.69, 9.17) is 17.3 Å². The molecular weight excluding hydrogens is 324 g/mol. The highest BCUT2D eigenvalue weighted by molar-refractivity contribution is 9.10. The largest absolute Gasteiger partial charge is 0.397 e. The fraction of sp³-hybridized carbons (Fsp3) is 0.200. The highest BCUT2D eigenvalue weighted by Crippen LogP contribution is 2.26. The minimum absolute atomic E-state index is 0.686. The van der Waals surface area contributed by atoms with Gasteiger partial charge < -0.3 is 11.1 Å². The van der Waals surface area contributed by atoms with E-state index in [-0.39, 0.29) is 0 Å². The minimum atomic E-state index is 0.686. The number of nitrogens with two attached hydrogens (primary N) is 1. The SMILES string of the molecule is Cc1cc(NCCc2ccc(Br)cc2)c(N)cc1Cl. The molecule has 2 aromatic carbocycles. The summed E-state index contributed by atoms with van der Waals surface area (Å²) < 4.78 is 1.10. The van der Waals surface area contributed by atoms with Gasteiger partial charge in [-0.3, -0.25) is 0 Å². The molecule has 0 aromatic heterocycles. The molecule has 0 radical (unpaired) electrons. The van der Waals surface area contributed by atoms with E-state index in [1.54, 1.807) is 6.07 Å². The Morgan fingerprint density at radius 1 is 1.21 bits per heavy atom. The molecule has 0 unspecified atom stereocenters. The first-order valence-corrected chi connectivity index (χ1v) is 7.27. The molecule has 0 atom stereocenters. The van der Waals surface area contributed by atoms with Crippen LogP contribution in [0.3, 0.4) is 0 Å². The first kappa shape index (κ1) is 14.2. The van der Waals surface area contributed by atoms with Crippen molar-refractivity contribution in [1.29, 1.82) is 0 Å². The molecular formula is C15H16BrClN2. The Morgan fingerprint density at radius 3 is 2.58 bits per heavy atom. The number of hydrogen-bond acceptors (Lipinski definition) is 2. The van der Waals surface area contributed by atoms with E-state index in [0.29, 0.717) is 10.7 Å². The zero-order valence-corrected chi connectivity index (χ0v) is 13.1. The summed E-state index contributed by atoms with van der Waals surface area (Å²) in [5, 5.41) is 4.05. The van der Waals surface area contributed by atoms with Gasteiger partial charge in [0, 0.05) is 16.0 Å². The molecule has 3 N–H and O–H groups in total. The molecule has 0 aliphatic heterocycles. The van der Waals surface area contributed by atoms with E-state index < -0.39 is 0 Å². The van der Waals surface area contributed by atoms with Crippen molar-refractivity contribution < 1.29 is 0 Å². The summed E-state index contributed by atoms with van der Waals surface area (Å²) in [4.78, 5) is 0. The van der Waals surface area contributed by atoms with Gasteiger partial charge >= 0.3 is 0 Å². The molecule has 0 saturated heterocycles. The van der Waals surface area contributed by atoms with Crippen molar-refractivity contribution in [2.45, 2.75) is 13.3 Å². The smallest absolute Gasteiger partial charge is 0.0577 e. The fourth-order valence-electron chi connectivity index (χ4n) is 1.84. The molecule has 0 amide bonds. The summed E-state index contributed by atoms with van der Waals surface area (Å²) in [5.41, 5.74) is 9.89. The maximum Gasteiger partial charge on any atom is 0.0577 e. The lowest BCUT2D eigenvalue weighted by atomic mass is 10.1. The topological polar surface area (TPSA) is 38.0 Å². The molecule has 2 aromatic rings. The molecule has 19 heavy (non-hydrogen) atoms. The predicted octanol–water partition coefficient (Wildman–Crippen LogP) is 4.65. The predicted molar refractivity (Wildman–Crippen MR) is 86.9 cm³/mol. The van der Waals surface area contributed by atoms with Crippen molar-refractivity contribution in [2.24, 2.45) is 0 Å². The van der Waals surface area contributed by atoms with Crippen LogP contribution in [-0.2, 0) is 6.42 Å². The van der Waals surface area contributed by atoms with Crippen molar-refractivity contribution in [3.63, 3.8) is 0 Å². The van der Waals surface area contributed by atoms with Crippen molar-refractivity contribution >= 4 is 38.9 Å². The van der Waals surface area contributed by atoms with Crippen molar-refractivity contribution in [2.75, 3.05) is 17.6 Å². The van der Waals surface area contributed by atoms with Crippen LogP contribution in [0.4, 0.5) is 11.4 Å². The summed E-state index contributed by atoms with van der Waals surface area (Å²) in [6, 6.07) is 12.1. The third kappa shape index (κ3) is 3.88. The number of benzene rings is 2. The van der Waals surface area contributed by atoms with Crippen LogP contribution in [0, 0.1) is 6.92 Å². The highest BCUT2D eigenvalue weighted by atomic mass is 79.9. The van der Waals surface area contributed by atoms with E-state index in [9.17, 15) is 0 Å². The molecule has 0 aliphatic rings. The van der Waals surface area contributed by atoms with Crippen molar-refractivity contribution in [3.05, 3.63) is 57.0 Å². The Hall–Kier alpha value is -1.19. The third-order valence-electron chi connectivity index (χ3n) is 2.97. The van der Waals surface area contributed by atoms with Gasteiger partial charge in [-0.25, -0.2) is 0 Å². The summed E-state index contributed by atoms with van der Waals surface area (Å²) in [7, 11) is 0. The number of anilines is 2. The number of hydrogen-bond donors (Lipinski definition) is 2. The molecule has 0 spiro atoms. The van der Waals surface area contributed by atoms with Gasteiger partial charge in [-0.05, 0) is 48.7 Å². The van der Waals surface area contributed by atoms with Crippen molar-refractivity contribution in [1.82, 2.24) is 0 Å². The van der Waals surface area contributed by atoms with Crippen LogP contribution < -0.4 is 11.1 Å². The number of nitrogen functional groups attached to an aromatic ring is 1. The van der Waals surface area contributed by atoms with Gasteiger partial charge in [-0.1, -0.05) is 39.7 Å². The second-order valence-electron chi connectivity index (χ2n) is 4.49. The van der Waals surface area contributed by atoms with Crippen LogP contribution in [0.2, 0.25) is 5.02 Å². The second-order valence-corrected chi connectivity index (χ2v) is 5.81. The molecule has 0 saturated carbocycles. The van der Waals surface area contributed by atoms with Gasteiger partial charge in [-0.2, -0.15) is 0 Å². The molecule has 100 valence electrons. The first-order chi connectivity index (χ1) is 9.06. The van der Waals surface area contributed by atoms with Gasteiger partial charge in [0.1, 0.15) is 0 Å². The van der Waals surface area contributed by atoms with E-state index in [1.165, 1.54) is 5.56 Å². The van der Waals surface area contributed by atoms with Gasteiger partial charge in [-0.15, -0.1) is 0 Å². The summed E-state index contributed by atoms with van der Waals surface area (Å²) in [6.07, 6.45) is 0.953. The average molecular weight is 340 g/mol. The average Bonchev–Trinajstić information content (AvgIpc) is 2.38. The zero-order chi connectivity index (χ0) is 13.8. The fourth-order valence-corrected chi connectivity index (χ4v) is 2.28. The number of halogens is 2. The van der Waals surface area contributed by atoms with Gasteiger partial charge in [0.05, 0.1) is 11.4 Å². The van der Waals surface area contributed by atoms with Gasteiger partial charge in [0.15, 0.2) is 0 Å². The Balaban J connectivity index is 1.96. The number of nitrogens with one attached hydrogen (secondary N) is 1. The molecule has 2 nitrogen and oxygen atoms in total. The zero-order valence-electron chi connectivity index (χ0n) is 10.7. The van der Waals surface area contributed by atoms with Crippen LogP contribution in [0.15, 0.2) is 40.9 Å². The standard InChI is InChI=1S/C15H16BrClN2/c1-10-8-15(14(18)9-13(10)17)19-7-6-11-2-4-12(16)5-3-11/h2-5,8-9,19H,6-7,18H2,1H3.